The molecule has 2 aromatic heterocycles. The number of carbonyl (C=O) groups excluding carboxylic acids is 1. The standard InChI is InChI=1S/C18H21N5OS2/c1-4-13-5-7-14(8-6-13)20-17(24)18-22-21-16(26-18)11-23(3)10-15-9-19-12(2)25-15/h5-9H,4,10-11H2,1-3H3,(H,20,24). The third kappa shape index (κ3) is 4.94. The van der Waals surface area contributed by atoms with Crippen LogP contribution in [0.3, 0.4) is 0 Å². The summed E-state index contributed by atoms with van der Waals surface area (Å²) in [5, 5.41) is 13.3. The summed E-state index contributed by atoms with van der Waals surface area (Å²) >= 11 is 3.01. The first-order chi connectivity index (χ1) is 12.5. The van der Waals surface area contributed by atoms with Crippen LogP contribution in [0.15, 0.2) is 30.5 Å². The number of nitrogens with zero attached hydrogens (tertiary/aromatic N) is 4. The van der Waals surface area contributed by atoms with Crippen molar-refractivity contribution in [2.75, 3.05) is 12.4 Å². The molecule has 3 rings (SSSR count). The van der Waals surface area contributed by atoms with Crippen molar-refractivity contribution in [1.82, 2.24) is 20.1 Å². The van der Waals surface area contributed by atoms with Gasteiger partial charge in [-0.3, -0.25) is 9.69 Å². The van der Waals surface area contributed by atoms with Crippen molar-refractivity contribution in [3.63, 3.8) is 0 Å². The second-order valence-electron chi connectivity index (χ2n) is 6.02. The Bertz CT molecular complexity index is 872. The average Bonchev–Trinajstić information content (AvgIpc) is 3.24. The molecule has 0 bridgehead atoms. The maximum atomic E-state index is 12.3. The molecule has 0 saturated heterocycles. The highest BCUT2D eigenvalue weighted by atomic mass is 32.1. The lowest BCUT2D eigenvalue weighted by atomic mass is 10.1. The lowest BCUT2D eigenvalue weighted by Crippen LogP contribution is -2.16. The average molecular weight is 388 g/mol. The third-order valence-corrected chi connectivity index (χ3v) is 5.59. The van der Waals surface area contributed by atoms with Gasteiger partial charge in [0.15, 0.2) is 0 Å². The Kier molecular flexibility index (Phi) is 6.08. The van der Waals surface area contributed by atoms with Crippen LogP contribution in [0.4, 0.5) is 5.69 Å². The maximum Gasteiger partial charge on any atom is 0.286 e. The number of anilines is 1. The molecule has 0 aliphatic rings. The van der Waals surface area contributed by atoms with Gasteiger partial charge in [0.2, 0.25) is 5.01 Å². The lowest BCUT2D eigenvalue weighted by Gasteiger charge is -2.12. The topological polar surface area (TPSA) is 71.0 Å². The Morgan fingerprint density at radius 3 is 2.58 bits per heavy atom. The van der Waals surface area contributed by atoms with Crippen LogP contribution in [-0.4, -0.2) is 33.0 Å². The molecule has 136 valence electrons. The van der Waals surface area contributed by atoms with Gasteiger partial charge in [-0.25, -0.2) is 4.98 Å². The maximum absolute atomic E-state index is 12.3. The number of hydrogen-bond donors (Lipinski definition) is 1. The molecule has 26 heavy (non-hydrogen) atoms. The number of aryl methyl sites for hydroxylation is 2. The van der Waals surface area contributed by atoms with Gasteiger partial charge in [0, 0.05) is 23.3 Å². The van der Waals surface area contributed by atoms with Gasteiger partial charge < -0.3 is 5.32 Å². The van der Waals surface area contributed by atoms with E-state index in [1.165, 1.54) is 21.8 Å². The van der Waals surface area contributed by atoms with Gasteiger partial charge in [0.25, 0.3) is 5.91 Å². The van der Waals surface area contributed by atoms with Crippen LogP contribution < -0.4 is 5.32 Å². The van der Waals surface area contributed by atoms with E-state index in [0.717, 1.165) is 28.7 Å². The Hall–Kier alpha value is -2.16. The molecule has 0 saturated carbocycles. The number of benzene rings is 1. The molecule has 1 aromatic carbocycles. The molecule has 1 amide bonds. The number of thiazole rings is 1. The van der Waals surface area contributed by atoms with Crippen LogP contribution in [-0.2, 0) is 19.5 Å². The SMILES string of the molecule is CCc1ccc(NC(=O)c2nnc(CN(C)Cc3cnc(C)s3)s2)cc1. The summed E-state index contributed by atoms with van der Waals surface area (Å²) in [7, 11) is 2.02. The van der Waals surface area contributed by atoms with E-state index in [2.05, 4.69) is 32.3 Å². The summed E-state index contributed by atoms with van der Waals surface area (Å²) in [5.41, 5.74) is 2.00. The molecule has 2 heterocycles. The Labute approximate surface area is 160 Å². The van der Waals surface area contributed by atoms with Crippen LogP contribution in [0.2, 0.25) is 0 Å². The van der Waals surface area contributed by atoms with Gasteiger partial charge in [-0.15, -0.1) is 21.5 Å². The zero-order valence-electron chi connectivity index (χ0n) is 15.0. The second-order valence-corrected chi connectivity index (χ2v) is 8.40. The van der Waals surface area contributed by atoms with Gasteiger partial charge in [0.05, 0.1) is 11.6 Å². The molecule has 6 nitrogen and oxygen atoms in total. The number of hydrogen-bond acceptors (Lipinski definition) is 7. The molecular weight excluding hydrogens is 366 g/mol. The van der Waals surface area contributed by atoms with Crippen LogP contribution >= 0.6 is 22.7 Å². The highest BCUT2D eigenvalue weighted by Gasteiger charge is 2.14. The van der Waals surface area contributed by atoms with E-state index in [-0.39, 0.29) is 5.91 Å². The van der Waals surface area contributed by atoms with E-state index < -0.39 is 0 Å². The Morgan fingerprint density at radius 1 is 1.15 bits per heavy atom. The van der Waals surface area contributed by atoms with Gasteiger partial charge in [0.1, 0.15) is 5.01 Å². The lowest BCUT2D eigenvalue weighted by molar-refractivity contribution is 0.102. The summed E-state index contributed by atoms with van der Waals surface area (Å²) in [4.78, 5) is 20.0. The minimum absolute atomic E-state index is 0.223. The minimum Gasteiger partial charge on any atom is -0.320 e. The largest absolute Gasteiger partial charge is 0.320 e. The Morgan fingerprint density at radius 2 is 1.92 bits per heavy atom. The zero-order valence-corrected chi connectivity index (χ0v) is 16.7. The van der Waals surface area contributed by atoms with Crippen molar-refractivity contribution in [3.8, 4) is 0 Å². The van der Waals surface area contributed by atoms with E-state index in [4.69, 9.17) is 0 Å². The van der Waals surface area contributed by atoms with Crippen molar-refractivity contribution in [2.24, 2.45) is 0 Å². The van der Waals surface area contributed by atoms with Crippen molar-refractivity contribution < 1.29 is 4.79 Å². The van der Waals surface area contributed by atoms with Gasteiger partial charge in [-0.05, 0) is 38.1 Å². The van der Waals surface area contributed by atoms with E-state index in [1.54, 1.807) is 11.3 Å². The summed E-state index contributed by atoms with van der Waals surface area (Å²) < 4.78 is 0. The smallest absolute Gasteiger partial charge is 0.286 e. The first kappa shape index (κ1) is 18.6. The van der Waals surface area contributed by atoms with Crippen molar-refractivity contribution in [1.29, 1.82) is 0 Å². The van der Waals surface area contributed by atoms with Crippen LogP contribution in [0.1, 0.15) is 37.2 Å². The van der Waals surface area contributed by atoms with Gasteiger partial charge in [-0.1, -0.05) is 30.4 Å². The summed E-state index contributed by atoms with van der Waals surface area (Å²) in [6, 6.07) is 7.83. The fourth-order valence-electron chi connectivity index (χ4n) is 2.45. The predicted molar refractivity (Wildman–Crippen MR) is 106 cm³/mol. The molecule has 0 spiro atoms. The Balaban J connectivity index is 1.56. The highest BCUT2D eigenvalue weighted by Crippen LogP contribution is 2.18. The second kappa shape index (κ2) is 8.48. The van der Waals surface area contributed by atoms with Gasteiger partial charge in [-0.2, -0.15) is 0 Å². The monoisotopic (exact) mass is 387 g/mol. The first-order valence-corrected chi connectivity index (χ1v) is 9.99. The number of carbonyl (C=O) groups is 1. The van der Waals surface area contributed by atoms with E-state index in [0.29, 0.717) is 11.6 Å². The van der Waals surface area contributed by atoms with E-state index >= 15 is 0 Å². The fraction of sp³-hybridized carbons (Fsp3) is 0.333. The molecule has 0 atom stereocenters. The predicted octanol–water partition coefficient (Wildman–Crippen LogP) is 3.75. The summed E-state index contributed by atoms with van der Waals surface area (Å²) in [5.74, 6) is -0.223. The number of nitrogens with one attached hydrogen (secondary N) is 1. The molecule has 0 radical (unpaired) electrons. The van der Waals surface area contributed by atoms with Crippen LogP contribution in [0, 0.1) is 6.92 Å². The van der Waals surface area contributed by atoms with Crippen LogP contribution in [0.25, 0.3) is 0 Å². The molecule has 1 N–H and O–H groups in total. The molecule has 0 unspecified atom stereocenters. The molecule has 0 aliphatic carbocycles. The summed E-state index contributed by atoms with van der Waals surface area (Å²) in [6.45, 7) is 5.55. The van der Waals surface area contributed by atoms with E-state index in [9.17, 15) is 4.79 Å². The fourth-order valence-corrected chi connectivity index (χ4v) is 4.14. The number of rotatable bonds is 7. The molecular formula is C18H21N5OS2. The quantitative estimate of drug-likeness (QED) is 0.668. The minimum atomic E-state index is -0.223. The van der Waals surface area contributed by atoms with Crippen molar-refractivity contribution in [2.45, 2.75) is 33.4 Å². The third-order valence-electron chi connectivity index (χ3n) is 3.78. The van der Waals surface area contributed by atoms with E-state index in [1.807, 2.05) is 44.4 Å². The molecule has 0 fully saturated rings. The van der Waals surface area contributed by atoms with Crippen LogP contribution in [0.5, 0.6) is 0 Å². The van der Waals surface area contributed by atoms with Crippen molar-refractivity contribution in [3.05, 3.63) is 55.9 Å². The normalized spacial score (nSPS) is 11.1. The molecule has 0 aliphatic heterocycles. The van der Waals surface area contributed by atoms with Gasteiger partial charge >= 0.3 is 0 Å². The number of aromatic nitrogens is 3. The zero-order chi connectivity index (χ0) is 18.5. The first-order valence-electron chi connectivity index (χ1n) is 8.36. The highest BCUT2D eigenvalue weighted by molar-refractivity contribution is 7.13. The number of amides is 1. The molecule has 3 aromatic rings. The summed E-state index contributed by atoms with van der Waals surface area (Å²) in [6.07, 6.45) is 2.88. The molecule has 8 heteroatoms. The van der Waals surface area contributed by atoms with Crippen molar-refractivity contribution >= 4 is 34.3 Å².